The molecule has 0 bridgehead atoms. The Labute approximate surface area is 123 Å². The van der Waals surface area contributed by atoms with Crippen LogP contribution < -0.4 is 11.1 Å². The van der Waals surface area contributed by atoms with E-state index in [4.69, 9.17) is 22.1 Å². The van der Waals surface area contributed by atoms with Gasteiger partial charge in [0.25, 0.3) is 0 Å². The van der Waals surface area contributed by atoms with Gasteiger partial charge in [0.05, 0.1) is 12.3 Å². The second-order valence-electron chi connectivity index (χ2n) is 4.33. The molecule has 0 fully saturated rings. The van der Waals surface area contributed by atoms with Gasteiger partial charge in [0.1, 0.15) is 5.82 Å². The van der Waals surface area contributed by atoms with Crippen LogP contribution in [0.25, 0.3) is 11.3 Å². The zero-order valence-corrected chi connectivity index (χ0v) is 12.2. The van der Waals surface area contributed by atoms with Crippen LogP contribution in [0.3, 0.4) is 0 Å². The van der Waals surface area contributed by atoms with E-state index in [9.17, 15) is 0 Å². The molecule has 0 aliphatic heterocycles. The van der Waals surface area contributed by atoms with E-state index in [0.717, 1.165) is 16.8 Å². The van der Waals surface area contributed by atoms with Gasteiger partial charge >= 0.3 is 0 Å². The van der Waals surface area contributed by atoms with Crippen molar-refractivity contribution in [3.05, 3.63) is 34.9 Å². The first kappa shape index (κ1) is 14.6. The number of aromatic nitrogens is 2. The van der Waals surface area contributed by atoms with Crippen LogP contribution in [-0.2, 0) is 4.74 Å². The molecule has 3 N–H and O–H groups in total. The fourth-order valence-electron chi connectivity index (χ4n) is 1.86. The molecular weight excluding hydrogens is 276 g/mol. The van der Waals surface area contributed by atoms with Crippen molar-refractivity contribution in [1.29, 1.82) is 0 Å². The molecule has 6 heteroatoms. The summed E-state index contributed by atoms with van der Waals surface area (Å²) in [7, 11) is 1.65. The Kier molecular flexibility index (Phi) is 4.76. The summed E-state index contributed by atoms with van der Waals surface area (Å²) in [4.78, 5) is 8.42. The Morgan fingerprint density at radius 2 is 2.15 bits per heavy atom. The van der Waals surface area contributed by atoms with E-state index in [0.29, 0.717) is 24.0 Å². The normalized spacial score (nSPS) is 10.6. The van der Waals surface area contributed by atoms with Crippen LogP contribution in [0, 0.1) is 6.92 Å². The molecule has 0 radical (unpaired) electrons. The number of nitrogen functional groups attached to an aromatic ring is 1. The molecule has 2 rings (SSSR count). The molecule has 0 atom stereocenters. The van der Waals surface area contributed by atoms with E-state index in [1.54, 1.807) is 7.11 Å². The summed E-state index contributed by atoms with van der Waals surface area (Å²) < 4.78 is 4.99. The lowest BCUT2D eigenvalue weighted by atomic mass is 10.1. The van der Waals surface area contributed by atoms with Crippen molar-refractivity contribution in [1.82, 2.24) is 9.97 Å². The molecule has 0 saturated heterocycles. The average molecular weight is 293 g/mol. The number of nitrogens with zero attached hydrogens (tertiary/aromatic N) is 2. The highest BCUT2D eigenvalue weighted by Gasteiger charge is 2.09. The monoisotopic (exact) mass is 292 g/mol. The van der Waals surface area contributed by atoms with E-state index in [1.165, 1.54) is 0 Å². The van der Waals surface area contributed by atoms with E-state index in [-0.39, 0.29) is 5.95 Å². The Morgan fingerprint density at radius 1 is 1.35 bits per heavy atom. The Bertz CT molecular complexity index is 604. The molecule has 0 unspecified atom stereocenters. The van der Waals surface area contributed by atoms with Crippen molar-refractivity contribution >= 4 is 23.4 Å². The molecule has 0 saturated carbocycles. The van der Waals surface area contributed by atoms with Gasteiger partial charge in [-0.15, -0.1) is 0 Å². The molecule has 1 aromatic heterocycles. The number of rotatable bonds is 5. The zero-order valence-electron chi connectivity index (χ0n) is 11.5. The first-order valence-electron chi connectivity index (χ1n) is 6.24. The van der Waals surface area contributed by atoms with Gasteiger partial charge < -0.3 is 15.8 Å². The number of halogens is 1. The van der Waals surface area contributed by atoms with E-state index in [1.807, 2.05) is 31.2 Å². The molecule has 1 aromatic carbocycles. The van der Waals surface area contributed by atoms with Crippen LogP contribution in [0.4, 0.5) is 11.8 Å². The zero-order chi connectivity index (χ0) is 14.5. The van der Waals surface area contributed by atoms with Gasteiger partial charge in [-0.05, 0) is 18.6 Å². The summed E-state index contributed by atoms with van der Waals surface area (Å²) in [6.45, 7) is 3.20. The van der Waals surface area contributed by atoms with Crippen LogP contribution in [0.1, 0.15) is 5.56 Å². The highest BCUT2D eigenvalue weighted by molar-refractivity contribution is 6.31. The molecule has 5 nitrogen and oxygen atoms in total. The number of ether oxygens (including phenoxy) is 1. The summed E-state index contributed by atoms with van der Waals surface area (Å²) in [6.07, 6.45) is 0. The molecule has 0 aliphatic carbocycles. The maximum atomic E-state index is 6.14. The minimum atomic E-state index is 0.224. The van der Waals surface area contributed by atoms with E-state index >= 15 is 0 Å². The minimum absolute atomic E-state index is 0.224. The van der Waals surface area contributed by atoms with Crippen molar-refractivity contribution in [3.63, 3.8) is 0 Å². The van der Waals surface area contributed by atoms with Gasteiger partial charge in [-0.1, -0.05) is 23.7 Å². The molecule has 0 spiro atoms. The Hall–Kier alpha value is -1.85. The smallest absolute Gasteiger partial charge is 0.222 e. The van der Waals surface area contributed by atoms with Gasteiger partial charge in [-0.2, -0.15) is 4.98 Å². The Morgan fingerprint density at radius 3 is 2.90 bits per heavy atom. The number of hydrogen-bond acceptors (Lipinski definition) is 5. The second kappa shape index (κ2) is 6.54. The Balaban J connectivity index is 2.34. The lowest BCUT2D eigenvalue weighted by Gasteiger charge is -2.10. The average Bonchev–Trinajstić information content (AvgIpc) is 2.41. The predicted molar refractivity (Wildman–Crippen MR) is 82.0 cm³/mol. The van der Waals surface area contributed by atoms with Crippen molar-refractivity contribution in [2.45, 2.75) is 6.92 Å². The van der Waals surface area contributed by atoms with Crippen molar-refractivity contribution < 1.29 is 4.74 Å². The lowest BCUT2D eigenvalue weighted by molar-refractivity contribution is 0.210. The van der Waals surface area contributed by atoms with Crippen LogP contribution >= 0.6 is 11.6 Å². The number of methoxy groups -OCH3 is 1. The van der Waals surface area contributed by atoms with Gasteiger partial charge in [0.2, 0.25) is 5.95 Å². The van der Waals surface area contributed by atoms with Crippen LogP contribution in [0.15, 0.2) is 24.3 Å². The fourth-order valence-corrected chi connectivity index (χ4v) is 2.04. The summed E-state index contributed by atoms with van der Waals surface area (Å²) in [5, 5.41) is 3.84. The first-order valence-corrected chi connectivity index (χ1v) is 6.62. The van der Waals surface area contributed by atoms with Crippen LogP contribution in [0.2, 0.25) is 5.02 Å². The number of benzene rings is 1. The summed E-state index contributed by atoms with van der Waals surface area (Å²) >= 11 is 6.14. The van der Waals surface area contributed by atoms with Crippen molar-refractivity contribution in [2.24, 2.45) is 0 Å². The van der Waals surface area contributed by atoms with Crippen LogP contribution in [0.5, 0.6) is 0 Å². The molecule has 1 heterocycles. The number of anilines is 2. The largest absolute Gasteiger partial charge is 0.383 e. The third-order valence-electron chi connectivity index (χ3n) is 2.90. The van der Waals surface area contributed by atoms with Gasteiger partial charge in [0.15, 0.2) is 0 Å². The van der Waals surface area contributed by atoms with Gasteiger partial charge in [-0.3, -0.25) is 0 Å². The highest BCUT2D eigenvalue weighted by atomic mass is 35.5. The van der Waals surface area contributed by atoms with Gasteiger partial charge in [-0.25, -0.2) is 4.98 Å². The predicted octanol–water partition coefficient (Wildman–Crippen LogP) is 2.75. The summed E-state index contributed by atoms with van der Waals surface area (Å²) in [5.74, 6) is 0.894. The summed E-state index contributed by atoms with van der Waals surface area (Å²) in [5.41, 5.74) is 8.42. The SMILES string of the molecule is COCCNc1cc(-c2cccc(Cl)c2C)nc(N)n1. The quantitative estimate of drug-likeness (QED) is 0.829. The molecule has 106 valence electrons. The lowest BCUT2D eigenvalue weighted by Crippen LogP contribution is -2.10. The van der Waals surface area contributed by atoms with Crippen molar-refractivity contribution in [2.75, 3.05) is 31.3 Å². The molecular formula is C14H17ClN4O. The van der Waals surface area contributed by atoms with Crippen LogP contribution in [-0.4, -0.2) is 30.2 Å². The summed E-state index contributed by atoms with van der Waals surface area (Å²) in [6, 6.07) is 7.55. The highest BCUT2D eigenvalue weighted by Crippen LogP contribution is 2.28. The third kappa shape index (κ3) is 3.37. The fraction of sp³-hybridized carbons (Fsp3) is 0.286. The minimum Gasteiger partial charge on any atom is -0.383 e. The second-order valence-corrected chi connectivity index (χ2v) is 4.74. The van der Waals surface area contributed by atoms with E-state index in [2.05, 4.69) is 15.3 Å². The number of hydrogen-bond donors (Lipinski definition) is 2. The van der Waals surface area contributed by atoms with E-state index < -0.39 is 0 Å². The topological polar surface area (TPSA) is 73.1 Å². The number of nitrogens with two attached hydrogens (primary N) is 1. The molecule has 0 aliphatic rings. The molecule has 0 amide bonds. The standard InChI is InChI=1S/C14H17ClN4O/c1-9-10(4-3-5-11(9)15)12-8-13(17-6-7-20-2)19-14(16)18-12/h3-5,8H,6-7H2,1-2H3,(H3,16,17,18,19). The molecule has 20 heavy (non-hydrogen) atoms. The third-order valence-corrected chi connectivity index (χ3v) is 3.31. The molecule has 2 aromatic rings. The van der Waals surface area contributed by atoms with Crippen molar-refractivity contribution in [3.8, 4) is 11.3 Å². The maximum absolute atomic E-state index is 6.14. The maximum Gasteiger partial charge on any atom is 0.222 e. The first-order chi connectivity index (χ1) is 9.61. The number of nitrogens with one attached hydrogen (secondary N) is 1. The van der Waals surface area contributed by atoms with Gasteiger partial charge in [0, 0.05) is 30.3 Å².